The van der Waals surface area contributed by atoms with Crippen LogP contribution in [0.3, 0.4) is 0 Å². The molecule has 0 aliphatic carbocycles. The molecule has 0 aliphatic heterocycles. The Balaban J connectivity index is 2.25. The number of H-pyrrole nitrogens is 1. The molecule has 6 heteroatoms. The number of anilines is 1. The Morgan fingerprint density at radius 2 is 2.08 bits per heavy atom. The van der Waals surface area contributed by atoms with Gasteiger partial charge in [0.05, 0.1) is 6.04 Å². The van der Waals surface area contributed by atoms with Gasteiger partial charge in [-0.1, -0.05) is 39.3 Å². The molecule has 2 rings (SSSR count). The van der Waals surface area contributed by atoms with Crippen LogP contribution in [0.1, 0.15) is 32.9 Å². The van der Waals surface area contributed by atoms with Gasteiger partial charge in [-0.25, -0.2) is 4.98 Å². The molecule has 2 unspecified atom stereocenters. The fraction of sp³-hybridized carbons (Fsp3) is 0.389. The molecule has 0 bridgehead atoms. The first-order valence-corrected chi connectivity index (χ1v) is 8.21. The number of aromatic amines is 1. The SMILES string of the molecule is CCc1cc(=O)[nH]c(-c2cccc(NC(=O)C(N)C(C)CC)c2)n1. The molecule has 4 N–H and O–H groups in total. The van der Waals surface area contributed by atoms with Gasteiger partial charge in [-0.3, -0.25) is 9.59 Å². The van der Waals surface area contributed by atoms with Crippen molar-refractivity contribution in [2.75, 3.05) is 5.32 Å². The highest BCUT2D eigenvalue weighted by atomic mass is 16.2. The van der Waals surface area contributed by atoms with Gasteiger partial charge in [0.2, 0.25) is 5.91 Å². The van der Waals surface area contributed by atoms with E-state index in [9.17, 15) is 9.59 Å². The van der Waals surface area contributed by atoms with Gasteiger partial charge < -0.3 is 16.0 Å². The summed E-state index contributed by atoms with van der Waals surface area (Å²) in [7, 11) is 0. The van der Waals surface area contributed by atoms with E-state index < -0.39 is 6.04 Å². The van der Waals surface area contributed by atoms with Crippen molar-refractivity contribution in [3.63, 3.8) is 0 Å². The smallest absolute Gasteiger partial charge is 0.251 e. The van der Waals surface area contributed by atoms with E-state index >= 15 is 0 Å². The van der Waals surface area contributed by atoms with E-state index in [1.807, 2.05) is 26.8 Å². The Morgan fingerprint density at radius 1 is 1.33 bits per heavy atom. The highest BCUT2D eigenvalue weighted by Crippen LogP contribution is 2.19. The maximum absolute atomic E-state index is 12.2. The Labute approximate surface area is 141 Å². The van der Waals surface area contributed by atoms with Crippen LogP contribution in [0, 0.1) is 5.92 Å². The van der Waals surface area contributed by atoms with E-state index in [1.165, 1.54) is 6.07 Å². The van der Waals surface area contributed by atoms with E-state index in [-0.39, 0.29) is 17.4 Å². The molecule has 0 saturated carbocycles. The van der Waals surface area contributed by atoms with Crippen LogP contribution in [-0.4, -0.2) is 21.9 Å². The molecule has 24 heavy (non-hydrogen) atoms. The number of carbonyl (C=O) groups excluding carboxylic acids is 1. The number of carbonyl (C=O) groups is 1. The molecule has 6 nitrogen and oxygen atoms in total. The van der Waals surface area contributed by atoms with Crippen LogP contribution >= 0.6 is 0 Å². The van der Waals surface area contributed by atoms with E-state index in [0.29, 0.717) is 17.9 Å². The summed E-state index contributed by atoms with van der Waals surface area (Å²) in [5.41, 5.74) is 7.85. The normalized spacial score (nSPS) is 13.3. The number of aryl methyl sites for hydroxylation is 1. The fourth-order valence-corrected chi connectivity index (χ4v) is 2.31. The van der Waals surface area contributed by atoms with Crippen molar-refractivity contribution in [3.8, 4) is 11.4 Å². The van der Waals surface area contributed by atoms with Crippen LogP contribution < -0.4 is 16.6 Å². The quantitative estimate of drug-likeness (QED) is 0.757. The second-order valence-corrected chi connectivity index (χ2v) is 5.92. The maximum atomic E-state index is 12.2. The van der Waals surface area contributed by atoms with Crippen molar-refractivity contribution < 1.29 is 4.79 Å². The Kier molecular flexibility index (Phi) is 5.87. The summed E-state index contributed by atoms with van der Waals surface area (Å²) in [4.78, 5) is 31.1. The number of amides is 1. The van der Waals surface area contributed by atoms with Crippen molar-refractivity contribution in [1.29, 1.82) is 0 Å². The lowest BCUT2D eigenvalue weighted by molar-refractivity contribution is -0.118. The minimum atomic E-state index is -0.556. The standard InChI is InChI=1S/C18H24N4O2/c1-4-11(3)16(19)18(24)21-14-8-6-7-12(9-14)17-20-13(5-2)10-15(23)22-17/h6-11,16H,4-5,19H2,1-3H3,(H,21,24)(H,20,22,23). The molecule has 0 saturated heterocycles. The number of aromatic nitrogens is 2. The third-order valence-corrected chi connectivity index (χ3v) is 4.12. The average Bonchev–Trinajstić information content (AvgIpc) is 2.59. The van der Waals surface area contributed by atoms with Crippen molar-refractivity contribution in [3.05, 3.63) is 46.4 Å². The lowest BCUT2D eigenvalue weighted by Gasteiger charge is -2.18. The third kappa shape index (κ3) is 4.29. The molecule has 1 heterocycles. The number of nitrogens with two attached hydrogens (primary N) is 1. The minimum Gasteiger partial charge on any atom is -0.325 e. The monoisotopic (exact) mass is 328 g/mol. The minimum absolute atomic E-state index is 0.104. The third-order valence-electron chi connectivity index (χ3n) is 4.12. The first-order chi connectivity index (χ1) is 11.4. The molecular weight excluding hydrogens is 304 g/mol. The van der Waals surface area contributed by atoms with Gasteiger partial charge in [0.1, 0.15) is 5.82 Å². The summed E-state index contributed by atoms with van der Waals surface area (Å²) in [6.07, 6.45) is 1.51. The molecule has 0 spiro atoms. The molecule has 128 valence electrons. The number of nitrogens with zero attached hydrogens (tertiary/aromatic N) is 1. The summed E-state index contributed by atoms with van der Waals surface area (Å²) >= 11 is 0. The van der Waals surface area contributed by atoms with Gasteiger partial charge in [0.25, 0.3) is 5.56 Å². The zero-order valence-corrected chi connectivity index (χ0v) is 14.3. The first-order valence-electron chi connectivity index (χ1n) is 8.21. The zero-order valence-electron chi connectivity index (χ0n) is 14.3. The Hall–Kier alpha value is -2.47. The highest BCUT2D eigenvalue weighted by molar-refractivity contribution is 5.95. The van der Waals surface area contributed by atoms with E-state index in [2.05, 4.69) is 15.3 Å². The second kappa shape index (κ2) is 7.88. The van der Waals surface area contributed by atoms with Gasteiger partial charge in [-0.05, 0) is 24.5 Å². The van der Waals surface area contributed by atoms with Gasteiger partial charge >= 0.3 is 0 Å². The van der Waals surface area contributed by atoms with Crippen LogP contribution in [0.4, 0.5) is 5.69 Å². The fourth-order valence-electron chi connectivity index (χ4n) is 2.31. The topological polar surface area (TPSA) is 101 Å². The average molecular weight is 328 g/mol. The predicted octanol–water partition coefficient (Wildman–Crippen LogP) is 2.31. The van der Waals surface area contributed by atoms with Gasteiger partial charge in [0, 0.05) is 23.0 Å². The van der Waals surface area contributed by atoms with Crippen LogP contribution in [0.25, 0.3) is 11.4 Å². The number of nitrogens with one attached hydrogen (secondary N) is 2. The summed E-state index contributed by atoms with van der Waals surface area (Å²) in [6.45, 7) is 5.89. The number of benzene rings is 1. The molecule has 2 atom stereocenters. The molecule has 2 aromatic rings. The molecule has 1 aromatic carbocycles. The lowest BCUT2D eigenvalue weighted by atomic mass is 9.99. The van der Waals surface area contributed by atoms with Crippen molar-refractivity contribution in [1.82, 2.24) is 9.97 Å². The van der Waals surface area contributed by atoms with Crippen LogP contribution in [0.15, 0.2) is 35.1 Å². The number of hydrogen-bond donors (Lipinski definition) is 3. The van der Waals surface area contributed by atoms with E-state index in [4.69, 9.17) is 5.73 Å². The number of hydrogen-bond acceptors (Lipinski definition) is 4. The molecule has 0 radical (unpaired) electrons. The molecule has 0 aliphatic rings. The molecule has 1 amide bonds. The second-order valence-electron chi connectivity index (χ2n) is 5.92. The van der Waals surface area contributed by atoms with Crippen LogP contribution in [-0.2, 0) is 11.2 Å². The largest absolute Gasteiger partial charge is 0.325 e. The number of rotatable bonds is 6. The molecule has 0 fully saturated rings. The Morgan fingerprint density at radius 3 is 2.75 bits per heavy atom. The zero-order chi connectivity index (χ0) is 17.7. The van der Waals surface area contributed by atoms with E-state index in [0.717, 1.165) is 17.7 Å². The highest BCUT2D eigenvalue weighted by Gasteiger charge is 2.19. The molecule has 1 aromatic heterocycles. The van der Waals surface area contributed by atoms with Crippen LogP contribution in [0.2, 0.25) is 0 Å². The van der Waals surface area contributed by atoms with Gasteiger partial charge in [-0.2, -0.15) is 0 Å². The Bertz CT molecular complexity index is 770. The summed E-state index contributed by atoms with van der Waals surface area (Å²) in [5, 5.41) is 2.83. The predicted molar refractivity (Wildman–Crippen MR) is 95.7 cm³/mol. The van der Waals surface area contributed by atoms with E-state index in [1.54, 1.807) is 18.2 Å². The summed E-state index contributed by atoms with van der Waals surface area (Å²) in [5.74, 6) is 0.374. The summed E-state index contributed by atoms with van der Waals surface area (Å²) < 4.78 is 0. The van der Waals surface area contributed by atoms with Crippen molar-refractivity contribution >= 4 is 11.6 Å². The van der Waals surface area contributed by atoms with Crippen molar-refractivity contribution in [2.45, 2.75) is 39.7 Å². The maximum Gasteiger partial charge on any atom is 0.251 e. The van der Waals surface area contributed by atoms with Gasteiger partial charge in [0.15, 0.2) is 0 Å². The molecular formula is C18H24N4O2. The lowest BCUT2D eigenvalue weighted by Crippen LogP contribution is -2.40. The van der Waals surface area contributed by atoms with Crippen molar-refractivity contribution in [2.24, 2.45) is 11.7 Å². The van der Waals surface area contributed by atoms with Crippen LogP contribution in [0.5, 0.6) is 0 Å². The van der Waals surface area contributed by atoms with Gasteiger partial charge in [-0.15, -0.1) is 0 Å². The first kappa shape index (κ1) is 17.9. The summed E-state index contributed by atoms with van der Waals surface area (Å²) in [6, 6.07) is 8.13.